The average Bonchev–Trinajstić information content (AvgIpc) is 3.40. The number of aryl methyl sites for hydroxylation is 1. The summed E-state index contributed by atoms with van der Waals surface area (Å²) in [6.45, 7) is 4.86. The second kappa shape index (κ2) is 10.8. The topological polar surface area (TPSA) is 52.7 Å². The van der Waals surface area contributed by atoms with E-state index >= 15 is 0 Å². The number of carbonyl (C=O) groups excluding carboxylic acids is 2. The van der Waals surface area contributed by atoms with E-state index in [-0.39, 0.29) is 36.9 Å². The molecule has 2 aromatic carbocycles. The van der Waals surface area contributed by atoms with Crippen molar-refractivity contribution in [2.24, 2.45) is 11.8 Å². The molecule has 206 valence electrons. The van der Waals surface area contributed by atoms with Crippen molar-refractivity contribution in [1.82, 2.24) is 15.1 Å². The molecular weight excluding hydrogens is 536 g/mol. The highest BCUT2D eigenvalue weighted by atomic mass is 35.5. The van der Waals surface area contributed by atoms with Crippen LogP contribution in [0.4, 0.5) is 26.3 Å². The molecule has 5 nitrogen and oxygen atoms in total. The number of rotatable bonds is 6. The van der Waals surface area contributed by atoms with Gasteiger partial charge in [-0.05, 0) is 67.6 Å². The molecule has 2 amide bonds. The van der Waals surface area contributed by atoms with Gasteiger partial charge in [-0.25, -0.2) is 0 Å². The standard InChI is InChI=1S/C26H26ClF6N3O2/c1-15-3-4-16(9-22(15)27)23(37)34-5-2-6-35-11-18-13-36(14-19(18)12-35)24(38)17-7-20(25(28,29)30)10-21(8-17)26(31,32)33/h3-4,7-10,18-19H,2,5-6,11-14H2,1H3,(H,34,37). The fourth-order valence-corrected chi connectivity index (χ4v) is 5.22. The van der Waals surface area contributed by atoms with Gasteiger partial charge in [0.1, 0.15) is 0 Å². The van der Waals surface area contributed by atoms with E-state index in [1.165, 1.54) is 4.90 Å². The summed E-state index contributed by atoms with van der Waals surface area (Å²) in [6.07, 6.45) is -9.33. The van der Waals surface area contributed by atoms with Crippen molar-refractivity contribution in [2.75, 3.05) is 39.3 Å². The van der Waals surface area contributed by atoms with Crippen molar-refractivity contribution in [2.45, 2.75) is 25.7 Å². The number of halogens is 7. The molecule has 0 radical (unpaired) electrons. The van der Waals surface area contributed by atoms with Crippen molar-refractivity contribution in [3.8, 4) is 0 Å². The van der Waals surface area contributed by atoms with Crippen LogP contribution in [-0.4, -0.2) is 60.9 Å². The van der Waals surface area contributed by atoms with E-state index in [0.29, 0.717) is 55.3 Å². The van der Waals surface area contributed by atoms with Crippen LogP contribution in [0.2, 0.25) is 5.02 Å². The minimum atomic E-state index is -5.01. The van der Waals surface area contributed by atoms with Gasteiger partial charge < -0.3 is 15.1 Å². The molecule has 2 saturated heterocycles. The lowest BCUT2D eigenvalue weighted by Crippen LogP contribution is -2.34. The van der Waals surface area contributed by atoms with E-state index in [1.54, 1.807) is 18.2 Å². The van der Waals surface area contributed by atoms with Gasteiger partial charge in [0.2, 0.25) is 0 Å². The first-order valence-electron chi connectivity index (χ1n) is 12.1. The third-order valence-electron chi connectivity index (χ3n) is 7.05. The van der Waals surface area contributed by atoms with Gasteiger partial charge >= 0.3 is 12.4 Å². The zero-order valence-electron chi connectivity index (χ0n) is 20.4. The predicted octanol–water partition coefficient (Wildman–Crippen LogP) is 5.51. The molecule has 2 fully saturated rings. The first kappa shape index (κ1) is 28.2. The van der Waals surface area contributed by atoms with Gasteiger partial charge in [0.15, 0.2) is 0 Å². The Morgan fingerprint density at radius 1 is 0.895 bits per heavy atom. The van der Waals surface area contributed by atoms with Crippen LogP contribution in [0, 0.1) is 18.8 Å². The number of fused-ring (bicyclic) bond motifs is 1. The van der Waals surface area contributed by atoms with Gasteiger partial charge in [-0.2, -0.15) is 26.3 Å². The summed E-state index contributed by atoms with van der Waals surface area (Å²) in [7, 11) is 0. The van der Waals surface area contributed by atoms with Crippen LogP contribution in [0.3, 0.4) is 0 Å². The zero-order valence-corrected chi connectivity index (χ0v) is 21.2. The summed E-state index contributed by atoms with van der Waals surface area (Å²) in [5.74, 6) is -0.892. The van der Waals surface area contributed by atoms with E-state index < -0.39 is 35.0 Å². The Labute approximate surface area is 220 Å². The van der Waals surface area contributed by atoms with Gasteiger partial charge in [0, 0.05) is 48.9 Å². The Hall–Kier alpha value is -2.79. The predicted molar refractivity (Wildman–Crippen MR) is 129 cm³/mol. The Balaban J connectivity index is 1.28. The summed E-state index contributed by atoms with van der Waals surface area (Å²) >= 11 is 6.06. The van der Waals surface area contributed by atoms with E-state index in [9.17, 15) is 35.9 Å². The summed E-state index contributed by atoms with van der Waals surface area (Å²) in [6, 6.07) is 6.08. The molecule has 2 heterocycles. The summed E-state index contributed by atoms with van der Waals surface area (Å²) in [5, 5.41) is 3.37. The normalized spacial score (nSPS) is 20.1. The Bertz CT molecular complexity index is 1170. The minimum Gasteiger partial charge on any atom is -0.352 e. The Morgan fingerprint density at radius 2 is 1.47 bits per heavy atom. The number of carbonyl (C=O) groups is 2. The lowest BCUT2D eigenvalue weighted by Gasteiger charge is -2.22. The molecule has 2 aliphatic rings. The highest BCUT2D eigenvalue weighted by Gasteiger charge is 2.43. The fraction of sp³-hybridized carbons (Fsp3) is 0.462. The van der Waals surface area contributed by atoms with E-state index in [4.69, 9.17) is 11.6 Å². The summed E-state index contributed by atoms with van der Waals surface area (Å²) in [4.78, 5) is 28.7. The molecule has 2 atom stereocenters. The second-order valence-corrected chi connectivity index (χ2v) is 10.3. The fourth-order valence-electron chi connectivity index (χ4n) is 5.04. The molecule has 0 spiro atoms. The smallest absolute Gasteiger partial charge is 0.352 e. The Kier molecular flexibility index (Phi) is 7.99. The zero-order chi connectivity index (χ0) is 27.8. The molecule has 4 rings (SSSR count). The van der Waals surface area contributed by atoms with Crippen molar-refractivity contribution in [1.29, 1.82) is 0 Å². The molecule has 2 aromatic rings. The van der Waals surface area contributed by atoms with Crippen LogP contribution >= 0.6 is 11.6 Å². The third-order valence-corrected chi connectivity index (χ3v) is 7.46. The Morgan fingerprint density at radius 3 is 2.00 bits per heavy atom. The lowest BCUT2D eigenvalue weighted by atomic mass is 10.0. The largest absolute Gasteiger partial charge is 0.416 e. The number of nitrogens with one attached hydrogen (secondary N) is 1. The van der Waals surface area contributed by atoms with Crippen LogP contribution in [-0.2, 0) is 12.4 Å². The van der Waals surface area contributed by atoms with E-state index in [1.807, 2.05) is 6.92 Å². The molecule has 0 saturated carbocycles. The second-order valence-electron chi connectivity index (χ2n) is 9.86. The van der Waals surface area contributed by atoms with Gasteiger partial charge in [-0.1, -0.05) is 17.7 Å². The van der Waals surface area contributed by atoms with Crippen molar-refractivity contribution in [3.63, 3.8) is 0 Å². The molecule has 0 aliphatic carbocycles. The number of alkyl halides is 6. The molecule has 12 heteroatoms. The highest BCUT2D eigenvalue weighted by molar-refractivity contribution is 6.31. The molecule has 1 N–H and O–H groups in total. The molecule has 2 unspecified atom stereocenters. The highest BCUT2D eigenvalue weighted by Crippen LogP contribution is 2.37. The van der Waals surface area contributed by atoms with Crippen LogP contribution in [0.15, 0.2) is 36.4 Å². The SMILES string of the molecule is Cc1ccc(C(=O)NCCCN2CC3CN(C(=O)c4cc(C(F)(F)F)cc(C(F)(F)F)c4)CC3C2)cc1Cl. The maximum atomic E-state index is 13.2. The van der Waals surface area contributed by atoms with Crippen LogP contribution < -0.4 is 5.32 Å². The number of benzene rings is 2. The van der Waals surface area contributed by atoms with Crippen LogP contribution in [0.1, 0.15) is 43.8 Å². The molecular formula is C26H26ClF6N3O2. The van der Waals surface area contributed by atoms with Crippen molar-refractivity contribution in [3.05, 3.63) is 69.2 Å². The number of amides is 2. The van der Waals surface area contributed by atoms with E-state index in [2.05, 4.69) is 10.2 Å². The quantitative estimate of drug-likeness (QED) is 0.374. The monoisotopic (exact) mass is 561 g/mol. The van der Waals surface area contributed by atoms with Crippen molar-refractivity contribution >= 4 is 23.4 Å². The first-order chi connectivity index (χ1) is 17.7. The van der Waals surface area contributed by atoms with Gasteiger partial charge in [-0.15, -0.1) is 0 Å². The van der Waals surface area contributed by atoms with Gasteiger partial charge in [0.05, 0.1) is 11.1 Å². The average molecular weight is 562 g/mol. The number of hydrogen-bond donors (Lipinski definition) is 1. The molecule has 2 aliphatic heterocycles. The number of nitrogens with zero attached hydrogens (tertiary/aromatic N) is 2. The summed E-state index contributed by atoms with van der Waals surface area (Å²) < 4.78 is 79.0. The van der Waals surface area contributed by atoms with Gasteiger partial charge in [0.25, 0.3) is 11.8 Å². The maximum absolute atomic E-state index is 13.2. The van der Waals surface area contributed by atoms with Crippen molar-refractivity contribution < 1.29 is 35.9 Å². The van der Waals surface area contributed by atoms with E-state index in [0.717, 1.165) is 5.56 Å². The lowest BCUT2D eigenvalue weighted by molar-refractivity contribution is -0.143. The minimum absolute atomic E-state index is 0.0196. The number of hydrogen-bond acceptors (Lipinski definition) is 3. The van der Waals surface area contributed by atoms with Crippen LogP contribution in [0.25, 0.3) is 0 Å². The number of likely N-dealkylation sites (tertiary alicyclic amines) is 2. The maximum Gasteiger partial charge on any atom is 0.416 e. The summed E-state index contributed by atoms with van der Waals surface area (Å²) in [5.41, 5.74) is -2.26. The molecule has 38 heavy (non-hydrogen) atoms. The van der Waals surface area contributed by atoms with Crippen LogP contribution in [0.5, 0.6) is 0 Å². The molecule has 0 aromatic heterocycles. The van der Waals surface area contributed by atoms with Gasteiger partial charge in [-0.3, -0.25) is 9.59 Å². The molecule has 0 bridgehead atoms. The first-order valence-corrected chi connectivity index (χ1v) is 12.5. The third kappa shape index (κ3) is 6.43.